The molecule has 1 unspecified atom stereocenters. The highest BCUT2D eigenvalue weighted by atomic mass is 32.2. The first kappa shape index (κ1) is 17.8. The van der Waals surface area contributed by atoms with Gasteiger partial charge in [0, 0.05) is 30.2 Å². The Kier molecular flexibility index (Phi) is 5.99. The molecule has 0 saturated carbocycles. The van der Waals surface area contributed by atoms with Gasteiger partial charge >= 0.3 is 5.97 Å². The predicted octanol–water partition coefficient (Wildman–Crippen LogP) is 2.83. The topological polar surface area (TPSA) is 64.8 Å². The van der Waals surface area contributed by atoms with Crippen molar-refractivity contribution in [1.82, 2.24) is 9.88 Å². The van der Waals surface area contributed by atoms with Crippen LogP contribution in [0.2, 0.25) is 0 Å². The number of hydrogen-bond acceptors (Lipinski definition) is 7. The number of hydrogen-bond donors (Lipinski definition) is 0. The summed E-state index contributed by atoms with van der Waals surface area (Å²) < 4.78 is 16.0. The van der Waals surface area contributed by atoms with E-state index in [-0.39, 0.29) is 12.0 Å². The van der Waals surface area contributed by atoms with Crippen molar-refractivity contribution in [1.29, 1.82) is 0 Å². The first-order valence-electron chi connectivity index (χ1n) is 8.28. The SMILES string of the molecule is CCOC(=O)C1CSCCN1Cc1coc(-c2ccc(OC)cc2)n1. The van der Waals surface area contributed by atoms with Crippen LogP contribution in [0.3, 0.4) is 0 Å². The monoisotopic (exact) mass is 362 g/mol. The molecule has 1 aliphatic rings. The summed E-state index contributed by atoms with van der Waals surface area (Å²) in [5, 5.41) is 0. The van der Waals surface area contributed by atoms with Crippen molar-refractivity contribution < 1.29 is 18.7 Å². The molecule has 6 nitrogen and oxygen atoms in total. The van der Waals surface area contributed by atoms with Gasteiger partial charge < -0.3 is 13.9 Å². The highest BCUT2D eigenvalue weighted by molar-refractivity contribution is 7.99. The number of carbonyl (C=O) groups is 1. The highest BCUT2D eigenvalue weighted by Gasteiger charge is 2.30. The Balaban J connectivity index is 1.69. The lowest BCUT2D eigenvalue weighted by atomic mass is 10.2. The first-order valence-corrected chi connectivity index (χ1v) is 9.44. The minimum absolute atomic E-state index is 0.159. The van der Waals surface area contributed by atoms with Crippen molar-refractivity contribution >= 4 is 17.7 Å². The van der Waals surface area contributed by atoms with Gasteiger partial charge in [-0.1, -0.05) is 0 Å². The van der Waals surface area contributed by atoms with E-state index in [0.29, 0.717) is 19.0 Å². The lowest BCUT2D eigenvalue weighted by Gasteiger charge is -2.32. The average Bonchev–Trinajstić information content (AvgIpc) is 3.11. The molecule has 1 saturated heterocycles. The van der Waals surface area contributed by atoms with Gasteiger partial charge in [0.1, 0.15) is 18.1 Å². The lowest BCUT2D eigenvalue weighted by Crippen LogP contribution is -2.47. The standard InChI is InChI=1S/C18H22N2O4S/c1-3-23-18(21)16-12-25-9-8-20(16)10-14-11-24-17(19-14)13-4-6-15(22-2)7-5-13/h4-7,11,16H,3,8-10,12H2,1-2H3. The van der Waals surface area contributed by atoms with Gasteiger partial charge in [0.15, 0.2) is 0 Å². The van der Waals surface area contributed by atoms with Crippen molar-refractivity contribution in [2.24, 2.45) is 0 Å². The van der Waals surface area contributed by atoms with E-state index in [1.807, 2.05) is 31.2 Å². The number of benzene rings is 1. The molecule has 1 atom stereocenters. The van der Waals surface area contributed by atoms with Gasteiger partial charge in [0.2, 0.25) is 5.89 Å². The molecule has 0 N–H and O–H groups in total. The maximum absolute atomic E-state index is 12.2. The Morgan fingerprint density at radius 2 is 2.20 bits per heavy atom. The summed E-state index contributed by atoms with van der Waals surface area (Å²) in [4.78, 5) is 18.8. The third-order valence-electron chi connectivity index (χ3n) is 4.05. The summed E-state index contributed by atoms with van der Waals surface area (Å²) >= 11 is 1.78. The fraction of sp³-hybridized carbons (Fsp3) is 0.444. The minimum atomic E-state index is -0.222. The van der Waals surface area contributed by atoms with Gasteiger partial charge in [-0.25, -0.2) is 4.98 Å². The van der Waals surface area contributed by atoms with Crippen LogP contribution in [0.15, 0.2) is 34.9 Å². The molecule has 0 aliphatic carbocycles. The second kappa shape index (κ2) is 8.40. The number of oxazole rings is 1. The molecule has 134 valence electrons. The number of thioether (sulfide) groups is 1. The molecule has 25 heavy (non-hydrogen) atoms. The zero-order valence-corrected chi connectivity index (χ0v) is 15.3. The Bertz CT molecular complexity index is 701. The summed E-state index contributed by atoms with van der Waals surface area (Å²) in [5.41, 5.74) is 1.70. The molecule has 0 radical (unpaired) electrons. The van der Waals surface area contributed by atoms with Crippen LogP contribution in [0.25, 0.3) is 11.5 Å². The molecule has 1 fully saturated rings. The zero-order valence-electron chi connectivity index (χ0n) is 14.4. The number of ether oxygens (including phenoxy) is 2. The van der Waals surface area contributed by atoms with E-state index in [2.05, 4.69) is 9.88 Å². The van der Waals surface area contributed by atoms with Crippen LogP contribution < -0.4 is 4.74 Å². The maximum Gasteiger partial charge on any atom is 0.324 e. The zero-order chi connectivity index (χ0) is 17.6. The fourth-order valence-corrected chi connectivity index (χ4v) is 3.84. The highest BCUT2D eigenvalue weighted by Crippen LogP contribution is 2.24. The van der Waals surface area contributed by atoms with Crippen molar-refractivity contribution in [3.63, 3.8) is 0 Å². The van der Waals surface area contributed by atoms with E-state index in [0.717, 1.165) is 35.1 Å². The Hall–Kier alpha value is -1.99. The maximum atomic E-state index is 12.2. The molecule has 2 heterocycles. The summed E-state index contributed by atoms with van der Waals surface area (Å²) in [7, 11) is 1.63. The van der Waals surface area contributed by atoms with E-state index in [1.54, 1.807) is 25.1 Å². The largest absolute Gasteiger partial charge is 0.497 e. The van der Waals surface area contributed by atoms with Crippen LogP contribution in [-0.4, -0.2) is 53.7 Å². The van der Waals surface area contributed by atoms with Crippen LogP contribution in [-0.2, 0) is 16.1 Å². The van der Waals surface area contributed by atoms with Gasteiger partial charge in [0.05, 0.1) is 19.4 Å². The number of nitrogens with zero attached hydrogens (tertiary/aromatic N) is 2. The molecule has 3 rings (SSSR count). The Morgan fingerprint density at radius 3 is 2.92 bits per heavy atom. The van der Waals surface area contributed by atoms with Crippen LogP contribution in [0.4, 0.5) is 0 Å². The van der Waals surface area contributed by atoms with Crippen LogP contribution >= 0.6 is 11.8 Å². The number of aromatic nitrogens is 1. The van der Waals surface area contributed by atoms with Crippen molar-refractivity contribution in [2.45, 2.75) is 19.5 Å². The molecule has 1 aromatic carbocycles. The molecule has 0 amide bonds. The van der Waals surface area contributed by atoms with Crippen molar-refractivity contribution in [3.05, 3.63) is 36.2 Å². The minimum Gasteiger partial charge on any atom is -0.497 e. The van der Waals surface area contributed by atoms with Gasteiger partial charge in [-0.05, 0) is 31.2 Å². The number of esters is 1. The second-order valence-electron chi connectivity index (χ2n) is 5.69. The first-order chi connectivity index (χ1) is 12.2. The molecular formula is C18H22N2O4S. The van der Waals surface area contributed by atoms with E-state index < -0.39 is 0 Å². The van der Waals surface area contributed by atoms with Gasteiger partial charge in [-0.15, -0.1) is 0 Å². The van der Waals surface area contributed by atoms with Crippen LogP contribution in [0, 0.1) is 0 Å². The van der Waals surface area contributed by atoms with Crippen molar-refractivity contribution in [2.75, 3.05) is 31.8 Å². The molecule has 0 bridgehead atoms. The van der Waals surface area contributed by atoms with Crippen LogP contribution in [0.5, 0.6) is 5.75 Å². The number of methoxy groups -OCH3 is 1. The van der Waals surface area contributed by atoms with Gasteiger partial charge in [-0.2, -0.15) is 11.8 Å². The summed E-state index contributed by atoms with van der Waals surface area (Å²) in [6.07, 6.45) is 1.66. The third-order valence-corrected chi connectivity index (χ3v) is 5.07. The average molecular weight is 362 g/mol. The lowest BCUT2D eigenvalue weighted by molar-refractivity contribution is -0.148. The van der Waals surface area contributed by atoms with E-state index in [4.69, 9.17) is 13.9 Å². The second-order valence-corrected chi connectivity index (χ2v) is 6.84. The van der Waals surface area contributed by atoms with Crippen LogP contribution in [0.1, 0.15) is 12.6 Å². The molecule has 1 aliphatic heterocycles. The Morgan fingerprint density at radius 1 is 1.40 bits per heavy atom. The normalized spacial score (nSPS) is 18.1. The smallest absolute Gasteiger partial charge is 0.324 e. The summed E-state index contributed by atoms with van der Waals surface area (Å²) in [6.45, 7) is 3.64. The Labute approximate surface area is 151 Å². The van der Waals surface area contributed by atoms with E-state index >= 15 is 0 Å². The predicted molar refractivity (Wildman–Crippen MR) is 96.6 cm³/mol. The molecule has 0 spiro atoms. The number of carbonyl (C=O) groups excluding carboxylic acids is 1. The van der Waals surface area contributed by atoms with E-state index in [9.17, 15) is 4.79 Å². The van der Waals surface area contributed by atoms with Gasteiger partial charge in [0.25, 0.3) is 0 Å². The quantitative estimate of drug-likeness (QED) is 0.732. The fourth-order valence-electron chi connectivity index (χ4n) is 2.74. The molecule has 1 aromatic heterocycles. The number of rotatable bonds is 6. The summed E-state index contributed by atoms with van der Waals surface area (Å²) in [5.74, 6) is 2.95. The third kappa shape index (κ3) is 4.35. The molecule has 7 heteroatoms. The van der Waals surface area contributed by atoms with Gasteiger partial charge in [-0.3, -0.25) is 9.69 Å². The summed E-state index contributed by atoms with van der Waals surface area (Å²) in [6, 6.07) is 7.34. The van der Waals surface area contributed by atoms with E-state index in [1.165, 1.54) is 0 Å². The van der Waals surface area contributed by atoms with Crippen molar-refractivity contribution in [3.8, 4) is 17.2 Å². The molecule has 2 aromatic rings. The molecular weight excluding hydrogens is 340 g/mol.